The van der Waals surface area contributed by atoms with Gasteiger partial charge in [0.15, 0.2) is 5.96 Å². The van der Waals surface area contributed by atoms with Crippen molar-refractivity contribution in [3.8, 4) is 0 Å². The lowest BCUT2D eigenvalue weighted by atomic mass is 10.0. The summed E-state index contributed by atoms with van der Waals surface area (Å²) in [6, 6.07) is 9.61. The molecule has 1 amide bonds. The van der Waals surface area contributed by atoms with E-state index >= 15 is 0 Å². The van der Waals surface area contributed by atoms with Crippen LogP contribution in [0.4, 0.5) is 0 Å². The minimum Gasteiger partial charge on any atom is -0.357 e. The minimum absolute atomic E-state index is 0. The van der Waals surface area contributed by atoms with Crippen LogP contribution in [0.3, 0.4) is 0 Å². The van der Waals surface area contributed by atoms with Gasteiger partial charge in [-0.2, -0.15) is 0 Å². The summed E-state index contributed by atoms with van der Waals surface area (Å²) >= 11 is 0. The maximum Gasteiger partial charge on any atom is 0.251 e. The number of aliphatic imine (C=N–C) groups is 1. The lowest BCUT2D eigenvalue weighted by molar-refractivity contribution is 0.0955. The van der Waals surface area contributed by atoms with Gasteiger partial charge in [-0.25, -0.2) is 0 Å². The van der Waals surface area contributed by atoms with Gasteiger partial charge >= 0.3 is 0 Å². The highest BCUT2D eigenvalue weighted by Gasteiger charge is 2.06. The SMILES string of the molecule is CCNC(=NCCNC(=O)c1ccccc1)NC(C)CCC(C)C.I. The fraction of sp³-hybridized carbons (Fsp3) is 0.579. The first-order valence-corrected chi connectivity index (χ1v) is 8.91. The second-order valence-corrected chi connectivity index (χ2v) is 6.40. The van der Waals surface area contributed by atoms with Gasteiger partial charge in [0.25, 0.3) is 5.91 Å². The Labute approximate surface area is 169 Å². The molecule has 0 bridgehead atoms. The highest BCUT2D eigenvalue weighted by atomic mass is 127. The number of guanidine groups is 1. The molecule has 5 nitrogen and oxygen atoms in total. The minimum atomic E-state index is -0.0611. The van der Waals surface area contributed by atoms with Gasteiger partial charge in [0.05, 0.1) is 6.54 Å². The van der Waals surface area contributed by atoms with E-state index in [1.807, 2.05) is 25.1 Å². The van der Waals surface area contributed by atoms with Gasteiger partial charge in [0.1, 0.15) is 0 Å². The Balaban J connectivity index is 0.00000576. The smallest absolute Gasteiger partial charge is 0.251 e. The van der Waals surface area contributed by atoms with E-state index in [9.17, 15) is 4.79 Å². The average Bonchev–Trinajstić information content (AvgIpc) is 2.57. The molecule has 0 saturated heterocycles. The normalized spacial score (nSPS) is 12.3. The maximum absolute atomic E-state index is 12.0. The zero-order valence-electron chi connectivity index (χ0n) is 15.8. The number of rotatable bonds is 9. The third kappa shape index (κ3) is 11.0. The van der Waals surface area contributed by atoms with Crippen molar-refractivity contribution in [2.45, 2.75) is 46.6 Å². The first-order valence-electron chi connectivity index (χ1n) is 8.91. The predicted molar refractivity (Wildman–Crippen MR) is 117 cm³/mol. The van der Waals surface area contributed by atoms with Crippen LogP contribution in [-0.4, -0.2) is 37.5 Å². The molecular formula is C19H33IN4O. The molecule has 0 spiro atoms. The van der Waals surface area contributed by atoms with Crippen LogP contribution in [-0.2, 0) is 0 Å². The summed E-state index contributed by atoms with van der Waals surface area (Å²) in [6.45, 7) is 10.6. The van der Waals surface area contributed by atoms with Gasteiger partial charge in [0, 0.05) is 24.7 Å². The van der Waals surface area contributed by atoms with Gasteiger partial charge in [-0.15, -0.1) is 24.0 Å². The number of carbonyl (C=O) groups is 1. The molecule has 3 N–H and O–H groups in total. The van der Waals surface area contributed by atoms with Gasteiger partial charge < -0.3 is 16.0 Å². The highest BCUT2D eigenvalue weighted by Crippen LogP contribution is 2.06. The number of halogens is 1. The second-order valence-electron chi connectivity index (χ2n) is 6.40. The van der Waals surface area contributed by atoms with Crippen LogP contribution in [0, 0.1) is 5.92 Å². The molecule has 0 fully saturated rings. The third-order valence-electron chi connectivity index (χ3n) is 3.61. The maximum atomic E-state index is 12.0. The van der Waals surface area contributed by atoms with E-state index in [1.165, 1.54) is 6.42 Å². The standard InChI is InChI=1S/C19H32N4O.HI/c1-5-20-19(23-16(4)12-11-15(2)3)22-14-13-21-18(24)17-9-7-6-8-10-17;/h6-10,15-16H,5,11-14H2,1-4H3,(H,21,24)(H2,20,22,23);1H. The van der Waals surface area contributed by atoms with Gasteiger partial charge in [0.2, 0.25) is 0 Å². The number of amides is 1. The monoisotopic (exact) mass is 460 g/mol. The van der Waals surface area contributed by atoms with Crippen LogP contribution in [0.15, 0.2) is 35.3 Å². The highest BCUT2D eigenvalue weighted by molar-refractivity contribution is 14.0. The molecule has 1 unspecified atom stereocenters. The van der Waals surface area contributed by atoms with E-state index in [2.05, 4.69) is 41.7 Å². The summed E-state index contributed by atoms with van der Waals surface area (Å²) in [5.74, 6) is 1.46. The van der Waals surface area contributed by atoms with Crippen molar-refractivity contribution in [1.82, 2.24) is 16.0 Å². The van der Waals surface area contributed by atoms with Gasteiger partial charge in [-0.05, 0) is 44.7 Å². The summed E-state index contributed by atoms with van der Waals surface area (Å²) in [5.41, 5.74) is 0.675. The first kappa shape index (κ1) is 23.7. The quantitative estimate of drug-likeness (QED) is 0.229. The lowest BCUT2D eigenvalue weighted by Crippen LogP contribution is -2.42. The van der Waals surface area contributed by atoms with E-state index in [0.29, 0.717) is 30.6 Å². The summed E-state index contributed by atoms with van der Waals surface area (Å²) in [5, 5.41) is 9.55. The van der Waals surface area contributed by atoms with Crippen molar-refractivity contribution in [3.63, 3.8) is 0 Å². The lowest BCUT2D eigenvalue weighted by Gasteiger charge is -2.18. The van der Waals surface area contributed by atoms with Crippen LogP contribution in [0.1, 0.15) is 50.9 Å². The van der Waals surface area contributed by atoms with Gasteiger partial charge in [-0.3, -0.25) is 9.79 Å². The van der Waals surface area contributed by atoms with Crippen molar-refractivity contribution in [3.05, 3.63) is 35.9 Å². The molecule has 0 saturated carbocycles. The summed E-state index contributed by atoms with van der Waals surface area (Å²) in [4.78, 5) is 16.5. The Morgan fingerprint density at radius 2 is 1.76 bits per heavy atom. The number of carbonyl (C=O) groups excluding carboxylic acids is 1. The fourth-order valence-electron chi connectivity index (χ4n) is 2.24. The summed E-state index contributed by atoms with van der Waals surface area (Å²) in [7, 11) is 0. The molecule has 6 heteroatoms. The average molecular weight is 460 g/mol. The molecule has 1 atom stereocenters. The number of nitrogens with one attached hydrogen (secondary N) is 3. The van der Waals surface area contributed by atoms with Crippen LogP contribution < -0.4 is 16.0 Å². The molecule has 1 aromatic carbocycles. The van der Waals surface area contributed by atoms with E-state index in [1.54, 1.807) is 12.1 Å². The number of hydrogen-bond donors (Lipinski definition) is 3. The number of hydrogen-bond acceptors (Lipinski definition) is 2. The molecule has 0 aliphatic rings. The Morgan fingerprint density at radius 3 is 2.36 bits per heavy atom. The van der Waals surface area contributed by atoms with Crippen molar-refractivity contribution in [1.29, 1.82) is 0 Å². The zero-order valence-corrected chi connectivity index (χ0v) is 18.2. The van der Waals surface area contributed by atoms with E-state index in [-0.39, 0.29) is 29.9 Å². The Bertz CT molecular complexity index is 505. The van der Waals surface area contributed by atoms with E-state index < -0.39 is 0 Å². The van der Waals surface area contributed by atoms with Crippen molar-refractivity contribution in [2.24, 2.45) is 10.9 Å². The molecule has 1 rings (SSSR count). The van der Waals surface area contributed by atoms with Crippen molar-refractivity contribution < 1.29 is 4.79 Å². The topological polar surface area (TPSA) is 65.5 Å². The second kappa shape index (κ2) is 13.9. The molecule has 25 heavy (non-hydrogen) atoms. The molecule has 1 aromatic rings. The Morgan fingerprint density at radius 1 is 1.08 bits per heavy atom. The van der Waals surface area contributed by atoms with E-state index in [4.69, 9.17) is 0 Å². The van der Waals surface area contributed by atoms with Crippen molar-refractivity contribution in [2.75, 3.05) is 19.6 Å². The largest absolute Gasteiger partial charge is 0.357 e. The summed E-state index contributed by atoms with van der Waals surface area (Å²) < 4.78 is 0. The van der Waals surface area contributed by atoms with Crippen LogP contribution in [0.5, 0.6) is 0 Å². The first-order chi connectivity index (χ1) is 11.5. The Kier molecular flexibility index (Phi) is 13.2. The summed E-state index contributed by atoms with van der Waals surface area (Å²) in [6.07, 6.45) is 2.31. The molecular weight excluding hydrogens is 427 g/mol. The zero-order chi connectivity index (χ0) is 17.8. The third-order valence-corrected chi connectivity index (χ3v) is 3.61. The molecule has 0 aliphatic carbocycles. The van der Waals surface area contributed by atoms with Gasteiger partial charge in [-0.1, -0.05) is 32.0 Å². The van der Waals surface area contributed by atoms with Crippen molar-refractivity contribution >= 4 is 35.8 Å². The van der Waals surface area contributed by atoms with Crippen LogP contribution >= 0.6 is 24.0 Å². The van der Waals surface area contributed by atoms with Crippen LogP contribution in [0.25, 0.3) is 0 Å². The number of benzene rings is 1. The Hall–Kier alpha value is -1.31. The van der Waals surface area contributed by atoms with Crippen LogP contribution in [0.2, 0.25) is 0 Å². The molecule has 0 radical (unpaired) electrons. The molecule has 0 heterocycles. The molecule has 142 valence electrons. The molecule has 0 aliphatic heterocycles. The van der Waals surface area contributed by atoms with E-state index in [0.717, 1.165) is 18.9 Å². The fourth-order valence-corrected chi connectivity index (χ4v) is 2.24. The molecule has 0 aromatic heterocycles. The predicted octanol–water partition coefficient (Wildman–Crippen LogP) is 3.41. The number of nitrogens with zero attached hydrogens (tertiary/aromatic N) is 1.